The first-order valence-corrected chi connectivity index (χ1v) is 6.52. The minimum atomic E-state index is -0.167. The Morgan fingerprint density at radius 3 is 2.33 bits per heavy atom. The summed E-state index contributed by atoms with van der Waals surface area (Å²) < 4.78 is 0.895. The molecule has 4 heteroatoms. The van der Waals surface area contributed by atoms with Gasteiger partial charge in [0.1, 0.15) is 5.69 Å². The Morgan fingerprint density at radius 2 is 1.67 bits per heavy atom. The monoisotopic (exact) mass is 349 g/mol. The van der Waals surface area contributed by atoms with Crippen LogP contribution in [0.1, 0.15) is 37.5 Å². The van der Waals surface area contributed by atoms with E-state index in [2.05, 4.69) is 27.6 Å². The molecule has 0 radical (unpaired) electrons. The Hall–Kier alpha value is -1.56. The molecule has 1 aliphatic rings. The summed E-state index contributed by atoms with van der Waals surface area (Å²) in [6, 6.07) is 6.89. The second-order valence-electron chi connectivity index (χ2n) is 4.16. The fourth-order valence-corrected chi connectivity index (χ4v) is 2.58. The summed E-state index contributed by atoms with van der Waals surface area (Å²) >= 11 is 2.12. The van der Waals surface area contributed by atoms with E-state index in [4.69, 9.17) is 0 Å². The molecular weight excluding hydrogens is 341 g/mol. The van der Waals surface area contributed by atoms with Crippen LogP contribution in [0.4, 0.5) is 0 Å². The molecule has 3 nitrogen and oxygen atoms in total. The molecule has 1 heterocycles. The van der Waals surface area contributed by atoms with Gasteiger partial charge in [0.25, 0.3) is 0 Å². The third-order valence-corrected chi connectivity index (χ3v) is 4.22. The predicted octanol–water partition coefficient (Wildman–Crippen LogP) is 2.77. The van der Waals surface area contributed by atoms with Crippen molar-refractivity contribution in [2.45, 2.75) is 6.92 Å². The lowest BCUT2D eigenvalue weighted by Crippen LogP contribution is -2.23. The van der Waals surface area contributed by atoms with Crippen molar-refractivity contribution in [3.05, 3.63) is 62.0 Å². The van der Waals surface area contributed by atoms with Gasteiger partial charge in [0.2, 0.25) is 5.78 Å². The first-order chi connectivity index (χ1) is 8.61. The zero-order valence-electron chi connectivity index (χ0n) is 9.53. The van der Waals surface area contributed by atoms with E-state index in [0.717, 1.165) is 9.13 Å². The largest absolute Gasteiger partial charge is 0.288 e. The highest BCUT2D eigenvalue weighted by molar-refractivity contribution is 14.1. The maximum Gasteiger partial charge on any atom is 0.212 e. The lowest BCUT2D eigenvalue weighted by Gasteiger charge is -2.18. The number of ketones is 2. The van der Waals surface area contributed by atoms with Crippen LogP contribution in [0.15, 0.2) is 30.5 Å². The number of fused-ring (bicyclic) bond motifs is 2. The minimum absolute atomic E-state index is 0.108. The molecule has 88 valence electrons. The third kappa shape index (κ3) is 1.45. The van der Waals surface area contributed by atoms with Gasteiger partial charge in [-0.2, -0.15) is 0 Å². The van der Waals surface area contributed by atoms with Crippen molar-refractivity contribution < 1.29 is 9.59 Å². The van der Waals surface area contributed by atoms with Crippen LogP contribution in [0.25, 0.3) is 0 Å². The SMILES string of the molecule is Cc1c(I)cnc2c1C(=O)c1ccccc1C2=O. The molecule has 1 aromatic heterocycles. The first kappa shape index (κ1) is 11.5. The van der Waals surface area contributed by atoms with E-state index in [-0.39, 0.29) is 17.3 Å². The molecule has 0 saturated carbocycles. The fourth-order valence-electron chi connectivity index (χ4n) is 2.17. The smallest absolute Gasteiger partial charge is 0.212 e. The molecular formula is C14H8INO2. The standard InChI is InChI=1S/C14H8INO2/c1-7-10(15)6-16-12-11(7)13(17)8-4-2-3-5-9(8)14(12)18/h2-6H,1H3. The number of nitrogens with zero attached hydrogens (tertiary/aromatic N) is 1. The quantitative estimate of drug-likeness (QED) is 0.587. The third-order valence-electron chi connectivity index (χ3n) is 3.14. The zero-order chi connectivity index (χ0) is 12.9. The van der Waals surface area contributed by atoms with Gasteiger partial charge in [0.15, 0.2) is 5.78 Å². The molecule has 0 fully saturated rings. The number of carbonyl (C=O) groups excluding carboxylic acids is 2. The summed E-state index contributed by atoms with van der Waals surface area (Å²) in [6.45, 7) is 1.85. The maximum atomic E-state index is 12.4. The van der Waals surface area contributed by atoms with Crippen LogP contribution in [-0.2, 0) is 0 Å². The number of hydrogen-bond donors (Lipinski definition) is 0. The molecule has 1 aromatic carbocycles. The van der Waals surface area contributed by atoms with Gasteiger partial charge in [-0.25, -0.2) is 0 Å². The zero-order valence-corrected chi connectivity index (χ0v) is 11.7. The second-order valence-corrected chi connectivity index (χ2v) is 5.32. The van der Waals surface area contributed by atoms with Crippen molar-refractivity contribution in [1.29, 1.82) is 0 Å². The summed E-state index contributed by atoms with van der Waals surface area (Å²) in [5.41, 5.74) is 2.47. The van der Waals surface area contributed by atoms with Gasteiger partial charge in [0.05, 0.1) is 5.56 Å². The normalized spacial score (nSPS) is 13.2. The topological polar surface area (TPSA) is 47.0 Å². The molecule has 0 spiro atoms. The van der Waals surface area contributed by atoms with Gasteiger partial charge in [0, 0.05) is 20.9 Å². The molecule has 0 amide bonds. The molecule has 18 heavy (non-hydrogen) atoms. The minimum Gasteiger partial charge on any atom is -0.288 e. The average Bonchev–Trinajstić information content (AvgIpc) is 2.39. The van der Waals surface area contributed by atoms with E-state index in [9.17, 15) is 9.59 Å². The fraction of sp³-hybridized carbons (Fsp3) is 0.0714. The molecule has 0 unspecified atom stereocenters. The molecule has 2 aromatic rings. The van der Waals surface area contributed by atoms with Crippen molar-refractivity contribution in [3.63, 3.8) is 0 Å². The number of carbonyl (C=O) groups is 2. The van der Waals surface area contributed by atoms with Gasteiger partial charge in [-0.1, -0.05) is 24.3 Å². The van der Waals surface area contributed by atoms with Crippen LogP contribution in [0.5, 0.6) is 0 Å². The Bertz CT molecular complexity index is 707. The summed E-state index contributed by atoms with van der Waals surface area (Å²) in [5.74, 6) is -0.275. The molecule has 0 saturated heterocycles. The summed E-state index contributed by atoms with van der Waals surface area (Å²) in [6.07, 6.45) is 1.63. The Balaban J connectivity index is 2.38. The van der Waals surface area contributed by atoms with Gasteiger partial charge in [-0.05, 0) is 35.1 Å². The van der Waals surface area contributed by atoms with Gasteiger partial charge in [-0.15, -0.1) is 0 Å². The summed E-state index contributed by atoms with van der Waals surface area (Å²) in [7, 11) is 0. The highest BCUT2D eigenvalue weighted by Gasteiger charge is 2.32. The van der Waals surface area contributed by atoms with Crippen LogP contribution >= 0.6 is 22.6 Å². The molecule has 3 rings (SSSR count). The van der Waals surface area contributed by atoms with E-state index in [1.54, 1.807) is 30.5 Å². The van der Waals surface area contributed by atoms with Crippen molar-refractivity contribution >= 4 is 34.2 Å². The Morgan fingerprint density at radius 1 is 1.06 bits per heavy atom. The molecule has 1 aliphatic carbocycles. The van der Waals surface area contributed by atoms with E-state index in [0.29, 0.717) is 16.7 Å². The Kier molecular flexibility index (Phi) is 2.55. The van der Waals surface area contributed by atoms with Crippen molar-refractivity contribution in [2.75, 3.05) is 0 Å². The van der Waals surface area contributed by atoms with E-state index >= 15 is 0 Å². The van der Waals surface area contributed by atoms with Gasteiger partial charge >= 0.3 is 0 Å². The maximum absolute atomic E-state index is 12.4. The number of pyridine rings is 1. The van der Waals surface area contributed by atoms with Crippen molar-refractivity contribution in [1.82, 2.24) is 4.98 Å². The van der Waals surface area contributed by atoms with Gasteiger partial charge in [-0.3, -0.25) is 14.6 Å². The van der Waals surface area contributed by atoms with Crippen LogP contribution < -0.4 is 0 Å². The van der Waals surface area contributed by atoms with Crippen LogP contribution in [0, 0.1) is 10.5 Å². The van der Waals surface area contributed by atoms with Crippen molar-refractivity contribution in [3.8, 4) is 0 Å². The van der Waals surface area contributed by atoms with Crippen LogP contribution in [0.2, 0.25) is 0 Å². The summed E-state index contributed by atoms with van der Waals surface area (Å²) in [5, 5.41) is 0. The van der Waals surface area contributed by atoms with E-state index in [1.165, 1.54) is 0 Å². The lowest BCUT2D eigenvalue weighted by atomic mass is 9.85. The predicted molar refractivity (Wildman–Crippen MR) is 75.0 cm³/mol. The number of hydrogen-bond acceptors (Lipinski definition) is 3. The number of halogens is 1. The van der Waals surface area contributed by atoms with Crippen molar-refractivity contribution in [2.24, 2.45) is 0 Å². The highest BCUT2D eigenvalue weighted by Crippen LogP contribution is 2.29. The molecule has 0 atom stereocenters. The molecule has 0 N–H and O–H groups in total. The van der Waals surface area contributed by atoms with E-state index in [1.807, 2.05) is 6.92 Å². The van der Waals surface area contributed by atoms with Gasteiger partial charge < -0.3 is 0 Å². The van der Waals surface area contributed by atoms with E-state index < -0.39 is 0 Å². The number of rotatable bonds is 0. The van der Waals surface area contributed by atoms with Crippen LogP contribution in [0.3, 0.4) is 0 Å². The summed E-state index contributed by atoms with van der Waals surface area (Å²) in [4.78, 5) is 28.9. The molecule has 0 bridgehead atoms. The lowest BCUT2D eigenvalue weighted by molar-refractivity contribution is 0.0974. The number of aromatic nitrogens is 1. The molecule has 0 aliphatic heterocycles. The Labute approximate surface area is 117 Å². The second kappa shape index (κ2) is 3.98. The first-order valence-electron chi connectivity index (χ1n) is 5.45. The number of benzene rings is 1. The average molecular weight is 349 g/mol. The van der Waals surface area contributed by atoms with Crippen LogP contribution in [-0.4, -0.2) is 16.6 Å². The highest BCUT2D eigenvalue weighted by atomic mass is 127.